The second-order valence-electron chi connectivity index (χ2n) is 7.89. The molecule has 1 amide bonds. The maximum Gasteiger partial charge on any atom is 0.241 e. The highest BCUT2D eigenvalue weighted by Crippen LogP contribution is 2.26. The van der Waals surface area contributed by atoms with Gasteiger partial charge in [0.2, 0.25) is 15.9 Å². The normalized spacial score (nSPS) is 21.2. The third-order valence-corrected chi connectivity index (χ3v) is 7.26. The van der Waals surface area contributed by atoms with Gasteiger partial charge in [0.1, 0.15) is 0 Å². The molecule has 0 unspecified atom stereocenters. The molecule has 0 radical (unpaired) electrons. The van der Waals surface area contributed by atoms with Crippen LogP contribution in [0.4, 0.5) is 0 Å². The molecule has 2 N–H and O–H groups in total. The first-order chi connectivity index (χ1) is 12.9. The van der Waals surface area contributed by atoms with Crippen molar-refractivity contribution in [1.29, 1.82) is 0 Å². The Balaban J connectivity index is 1.43. The average Bonchev–Trinajstić information content (AvgIpc) is 3.17. The summed E-state index contributed by atoms with van der Waals surface area (Å²) >= 11 is 0. The van der Waals surface area contributed by atoms with Gasteiger partial charge in [0.15, 0.2) is 0 Å². The third kappa shape index (κ3) is 5.77. The second-order valence-corrected chi connectivity index (χ2v) is 9.60. The molecule has 1 heterocycles. The van der Waals surface area contributed by atoms with Gasteiger partial charge in [0.25, 0.3) is 0 Å². The van der Waals surface area contributed by atoms with E-state index < -0.39 is 16.1 Å². The number of rotatable bonds is 7. The Kier molecular flexibility index (Phi) is 6.89. The van der Waals surface area contributed by atoms with Crippen molar-refractivity contribution in [3.05, 3.63) is 30.3 Å². The molecular weight excluding hydrogens is 362 g/mol. The fraction of sp³-hybridized carbons (Fsp3) is 0.650. The van der Waals surface area contributed by atoms with Crippen LogP contribution in [0.3, 0.4) is 0 Å². The number of hydrogen-bond donors (Lipinski definition) is 2. The zero-order valence-electron chi connectivity index (χ0n) is 16.1. The standard InChI is InChI=1S/C20H31N3O3S/c1-16(22-27(25,26)19-9-3-2-4-10-19)20(24)21-18-11-13-23(14-12-18)15-17-7-5-6-8-17/h2-4,9-10,16-18,22H,5-8,11-15H2,1H3,(H,21,24)/t16-/m0/s1. The number of hydrogen-bond acceptors (Lipinski definition) is 4. The Morgan fingerprint density at radius 1 is 1.11 bits per heavy atom. The van der Waals surface area contributed by atoms with Gasteiger partial charge in [-0.15, -0.1) is 0 Å². The fourth-order valence-electron chi connectivity index (χ4n) is 4.10. The molecule has 2 aliphatic rings. The van der Waals surface area contributed by atoms with Gasteiger partial charge in [-0.25, -0.2) is 8.42 Å². The number of nitrogens with zero attached hydrogens (tertiary/aromatic N) is 1. The molecular formula is C20H31N3O3S. The summed E-state index contributed by atoms with van der Waals surface area (Å²) in [6, 6.07) is 7.46. The average molecular weight is 394 g/mol. The van der Waals surface area contributed by atoms with Crippen LogP contribution in [-0.4, -0.2) is 50.9 Å². The summed E-state index contributed by atoms with van der Waals surface area (Å²) in [6.07, 6.45) is 7.31. The van der Waals surface area contributed by atoms with E-state index in [-0.39, 0.29) is 16.8 Å². The second kappa shape index (κ2) is 9.17. The molecule has 1 atom stereocenters. The lowest BCUT2D eigenvalue weighted by atomic mass is 10.0. The molecule has 1 aromatic carbocycles. The van der Waals surface area contributed by atoms with Crippen LogP contribution in [0.1, 0.15) is 45.4 Å². The van der Waals surface area contributed by atoms with Crippen LogP contribution in [-0.2, 0) is 14.8 Å². The van der Waals surface area contributed by atoms with Gasteiger partial charge in [-0.2, -0.15) is 4.72 Å². The van der Waals surface area contributed by atoms with E-state index in [1.807, 2.05) is 0 Å². The van der Waals surface area contributed by atoms with Crippen LogP contribution in [0.2, 0.25) is 0 Å². The van der Waals surface area contributed by atoms with Crippen molar-refractivity contribution in [1.82, 2.24) is 14.9 Å². The number of carbonyl (C=O) groups is 1. The van der Waals surface area contributed by atoms with Crippen molar-refractivity contribution in [2.45, 2.75) is 62.4 Å². The first-order valence-corrected chi connectivity index (χ1v) is 11.5. The largest absolute Gasteiger partial charge is 0.352 e. The van der Waals surface area contributed by atoms with Gasteiger partial charge in [-0.05, 0) is 50.7 Å². The van der Waals surface area contributed by atoms with Gasteiger partial charge in [-0.1, -0.05) is 31.0 Å². The summed E-state index contributed by atoms with van der Waals surface area (Å²) in [5.74, 6) is 0.590. The lowest BCUT2D eigenvalue weighted by molar-refractivity contribution is -0.123. The van der Waals surface area contributed by atoms with Crippen molar-refractivity contribution in [2.75, 3.05) is 19.6 Å². The van der Waals surface area contributed by atoms with Crippen LogP contribution >= 0.6 is 0 Å². The predicted octanol–water partition coefficient (Wildman–Crippen LogP) is 2.12. The number of piperidine rings is 1. The van der Waals surface area contributed by atoms with Crippen molar-refractivity contribution in [2.24, 2.45) is 5.92 Å². The zero-order valence-corrected chi connectivity index (χ0v) is 16.9. The van der Waals surface area contributed by atoms with E-state index in [4.69, 9.17) is 0 Å². The Bertz CT molecular complexity index is 709. The minimum absolute atomic E-state index is 0.126. The highest BCUT2D eigenvalue weighted by atomic mass is 32.2. The molecule has 150 valence electrons. The number of nitrogens with one attached hydrogen (secondary N) is 2. The smallest absolute Gasteiger partial charge is 0.241 e. The summed E-state index contributed by atoms with van der Waals surface area (Å²) in [4.78, 5) is 15.1. The molecule has 1 saturated heterocycles. The lowest BCUT2D eigenvalue weighted by Crippen LogP contribution is -2.51. The van der Waals surface area contributed by atoms with Crippen LogP contribution in [0.25, 0.3) is 0 Å². The predicted molar refractivity (Wildman–Crippen MR) is 106 cm³/mol. The molecule has 2 fully saturated rings. The zero-order chi connectivity index (χ0) is 19.3. The van der Waals surface area contributed by atoms with Crippen molar-refractivity contribution in [3.63, 3.8) is 0 Å². The van der Waals surface area contributed by atoms with E-state index in [1.165, 1.54) is 44.4 Å². The van der Waals surface area contributed by atoms with Crippen molar-refractivity contribution >= 4 is 15.9 Å². The van der Waals surface area contributed by atoms with E-state index in [0.717, 1.165) is 31.8 Å². The topological polar surface area (TPSA) is 78.5 Å². The lowest BCUT2D eigenvalue weighted by Gasteiger charge is -2.34. The number of benzene rings is 1. The fourth-order valence-corrected chi connectivity index (χ4v) is 5.32. The van der Waals surface area contributed by atoms with E-state index in [0.29, 0.717) is 0 Å². The van der Waals surface area contributed by atoms with Gasteiger partial charge < -0.3 is 10.2 Å². The number of likely N-dealkylation sites (tertiary alicyclic amines) is 1. The van der Waals surface area contributed by atoms with Crippen molar-refractivity contribution in [3.8, 4) is 0 Å². The quantitative estimate of drug-likeness (QED) is 0.744. The summed E-state index contributed by atoms with van der Waals surface area (Å²) in [5.41, 5.74) is 0. The summed E-state index contributed by atoms with van der Waals surface area (Å²) in [7, 11) is -3.69. The number of sulfonamides is 1. The number of carbonyl (C=O) groups excluding carboxylic acids is 1. The van der Waals surface area contributed by atoms with Gasteiger partial charge in [-0.3, -0.25) is 4.79 Å². The van der Waals surface area contributed by atoms with E-state index >= 15 is 0 Å². The minimum Gasteiger partial charge on any atom is -0.352 e. The first kappa shape index (κ1) is 20.3. The summed E-state index contributed by atoms with van der Waals surface area (Å²) in [6.45, 7) is 4.79. The van der Waals surface area contributed by atoms with Crippen LogP contribution in [0, 0.1) is 5.92 Å². The van der Waals surface area contributed by atoms with Crippen molar-refractivity contribution < 1.29 is 13.2 Å². The molecule has 1 aliphatic heterocycles. The maximum atomic E-state index is 12.4. The van der Waals surface area contributed by atoms with Gasteiger partial charge in [0, 0.05) is 25.7 Å². The van der Waals surface area contributed by atoms with E-state index in [1.54, 1.807) is 25.1 Å². The van der Waals surface area contributed by atoms with Gasteiger partial charge >= 0.3 is 0 Å². The first-order valence-electron chi connectivity index (χ1n) is 10.0. The SMILES string of the molecule is C[C@H](NS(=O)(=O)c1ccccc1)C(=O)NC1CCN(CC2CCCC2)CC1. The minimum atomic E-state index is -3.69. The Morgan fingerprint density at radius 2 is 1.74 bits per heavy atom. The summed E-state index contributed by atoms with van der Waals surface area (Å²) < 4.78 is 27.2. The molecule has 1 saturated carbocycles. The molecule has 0 spiro atoms. The monoisotopic (exact) mass is 393 g/mol. The third-order valence-electron chi connectivity index (χ3n) is 5.70. The molecule has 6 nitrogen and oxygen atoms in total. The Morgan fingerprint density at radius 3 is 2.37 bits per heavy atom. The summed E-state index contributed by atoms with van der Waals surface area (Å²) in [5, 5.41) is 3.01. The molecule has 0 aromatic heterocycles. The van der Waals surface area contributed by atoms with Crippen LogP contribution < -0.4 is 10.0 Å². The molecule has 1 aliphatic carbocycles. The van der Waals surface area contributed by atoms with Crippen LogP contribution in [0.5, 0.6) is 0 Å². The molecule has 27 heavy (non-hydrogen) atoms. The highest BCUT2D eigenvalue weighted by molar-refractivity contribution is 7.89. The molecule has 7 heteroatoms. The van der Waals surface area contributed by atoms with Gasteiger partial charge in [0.05, 0.1) is 10.9 Å². The highest BCUT2D eigenvalue weighted by Gasteiger charge is 2.27. The van der Waals surface area contributed by atoms with E-state index in [2.05, 4.69) is 14.9 Å². The van der Waals surface area contributed by atoms with Crippen LogP contribution in [0.15, 0.2) is 35.2 Å². The molecule has 0 bridgehead atoms. The molecule has 3 rings (SSSR count). The molecule has 1 aromatic rings. The Labute approximate surface area is 162 Å². The maximum absolute atomic E-state index is 12.4. The number of amides is 1. The van der Waals surface area contributed by atoms with E-state index in [9.17, 15) is 13.2 Å². The Hall–Kier alpha value is -1.44.